The second-order valence-electron chi connectivity index (χ2n) is 38.1. The zero-order valence-electron chi connectivity index (χ0n) is 82.3. The normalized spacial score (nSPS) is 21.2. The molecule has 14 heterocycles. The average Bonchev–Trinajstić information content (AvgIpc) is 1.05. The lowest BCUT2D eigenvalue weighted by molar-refractivity contribution is -0.142. The third-order valence-electron chi connectivity index (χ3n) is 28.9. The van der Waals surface area contributed by atoms with E-state index in [4.69, 9.17) is 117 Å². The van der Waals surface area contributed by atoms with Crippen LogP contribution >= 0.6 is 69.6 Å². The number of methoxy groups -OCH3 is 2. The molecule has 782 valence electrons. The first kappa shape index (κ1) is 105. The highest BCUT2D eigenvalue weighted by Crippen LogP contribution is 2.50. The lowest BCUT2D eigenvalue weighted by Gasteiger charge is -2.52. The van der Waals surface area contributed by atoms with Gasteiger partial charge in [-0.2, -0.15) is 0 Å². The molecule has 10 aliphatic rings. The lowest BCUT2D eigenvalue weighted by atomic mass is 9.68. The minimum Gasteiger partial charge on any atom is -0.493 e. The zero-order valence-corrected chi connectivity index (χ0v) is 86.9. The number of hydrogen-bond acceptors (Lipinski definition) is 28. The summed E-state index contributed by atoms with van der Waals surface area (Å²) in [5, 5.41) is 19.7. The van der Waals surface area contributed by atoms with Crippen LogP contribution < -0.4 is 59.2 Å². The van der Waals surface area contributed by atoms with E-state index in [2.05, 4.69) is 97.5 Å². The molecule has 150 heavy (non-hydrogen) atoms. The number of piperidine rings is 6. The Morgan fingerprint density at radius 3 is 1.18 bits per heavy atom. The van der Waals surface area contributed by atoms with E-state index in [0.29, 0.717) is 154 Å². The van der Waals surface area contributed by atoms with Gasteiger partial charge in [0.15, 0.2) is 69.0 Å². The molecule has 23 rings (SSSR count). The molecule has 8 unspecified atom stereocenters. The van der Waals surface area contributed by atoms with Crippen LogP contribution in [0.15, 0.2) is 190 Å². The monoisotopic (exact) mass is 2160 g/mol. The highest BCUT2D eigenvalue weighted by molar-refractivity contribution is 6.43. The first-order valence-corrected chi connectivity index (χ1v) is 52.1. The Labute approximate surface area is 892 Å². The molecule has 0 radical (unpaired) electrons. The second-order valence-corrected chi connectivity index (χ2v) is 40.4. The molecule has 13 aromatic rings. The number of amides is 4. The first-order chi connectivity index (χ1) is 72.8. The van der Waals surface area contributed by atoms with Gasteiger partial charge in [0.2, 0.25) is 23.6 Å². The van der Waals surface area contributed by atoms with Crippen molar-refractivity contribution in [1.82, 2.24) is 69.5 Å². The van der Waals surface area contributed by atoms with Crippen molar-refractivity contribution in [2.75, 3.05) is 94.6 Å². The van der Waals surface area contributed by atoms with Gasteiger partial charge in [-0.1, -0.05) is 107 Å². The molecule has 4 N–H and O–H groups in total. The Kier molecular flexibility index (Phi) is 32.8. The van der Waals surface area contributed by atoms with E-state index in [1.807, 2.05) is 69.0 Å². The number of nitrogens with zero attached hydrogens (tertiary/aromatic N) is 14. The summed E-state index contributed by atoms with van der Waals surface area (Å²) < 4.78 is 104. The average molecular weight is 2160 g/mol. The molecule has 10 fully saturated rings. The van der Waals surface area contributed by atoms with Crippen LogP contribution in [0.2, 0.25) is 30.1 Å². The molecule has 0 spiro atoms. The summed E-state index contributed by atoms with van der Waals surface area (Å²) in [6, 6.07) is 30.3. The maximum atomic E-state index is 14.9. The van der Waals surface area contributed by atoms with Gasteiger partial charge in [0.1, 0.15) is 86.2 Å². The van der Waals surface area contributed by atoms with Crippen molar-refractivity contribution in [3.8, 4) is 46.0 Å². The molecule has 41 heteroatoms. The molecule has 4 amide bonds. The van der Waals surface area contributed by atoms with E-state index >= 15 is 0 Å². The van der Waals surface area contributed by atoms with Gasteiger partial charge >= 0.3 is 0 Å². The Morgan fingerprint density at radius 2 is 0.793 bits per heavy atom. The van der Waals surface area contributed by atoms with Crippen molar-refractivity contribution in [2.45, 2.75) is 170 Å². The van der Waals surface area contributed by atoms with E-state index in [-0.39, 0.29) is 143 Å². The minimum atomic E-state index is -0.682. The fourth-order valence-corrected chi connectivity index (χ4v) is 22.7. The first-order valence-electron chi connectivity index (χ1n) is 49.9. The predicted molar refractivity (Wildman–Crippen MR) is 571 cm³/mol. The molecule has 1 aliphatic carbocycles. The van der Waals surface area contributed by atoms with Gasteiger partial charge in [-0.15, -0.1) is 0 Å². The number of hydrogen-bond donors (Lipinski definition) is 4. The van der Waals surface area contributed by atoms with E-state index < -0.39 is 17.5 Å². The summed E-state index contributed by atoms with van der Waals surface area (Å²) in [4.78, 5) is 94.4. The summed E-state index contributed by atoms with van der Waals surface area (Å²) in [7, 11) is 3.22. The van der Waals surface area contributed by atoms with Gasteiger partial charge in [-0.3, -0.25) is 24.1 Å². The van der Waals surface area contributed by atoms with Gasteiger partial charge < -0.3 is 88.0 Å². The van der Waals surface area contributed by atoms with Gasteiger partial charge in [0, 0.05) is 170 Å². The van der Waals surface area contributed by atoms with Crippen LogP contribution in [-0.2, 0) is 23.9 Å². The highest BCUT2D eigenvalue weighted by atomic mass is 35.5. The summed E-state index contributed by atoms with van der Waals surface area (Å²) in [6.07, 6.45) is 27.6. The molecule has 5 aromatic heterocycles. The summed E-state index contributed by atoms with van der Waals surface area (Å²) in [6.45, 7) is 22.4. The van der Waals surface area contributed by atoms with E-state index in [1.165, 1.54) is 105 Å². The summed E-state index contributed by atoms with van der Waals surface area (Å²) >= 11 is 35.8. The van der Waals surface area contributed by atoms with Crippen LogP contribution in [-0.4, -0.2) is 227 Å². The number of aromatic nitrogens is 9. The van der Waals surface area contributed by atoms with E-state index in [1.54, 1.807) is 44.7 Å². The maximum Gasteiger partial charge on any atom is 0.246 e. The third-order valence-corrected chi connectivity index (χ3v) is 31.2. The van der Waals surface area contributed by atoms with Crippen molar-refractivity contribution in [1.29, 1.82) is 0 Å². The van der Waals surface area contributed by atoms with E-state index in [9.17, 15) is 32.3 Å². The predicted octanol–water partition coefficient (Wildman–Crippen LogP) is 22.9. The third kappa shape index (κ3) is 22.9. The summed E-state index contributed by atoms with van der Waals surface area (Å²) in [5.41, 5.74) is 4.53. The van der Waals surface area contributed by atoms with Gasteiger partial charge in [-0.05, 0) is 181 Å². The molecule has 1 saturated carbocycles. The summed E-state index contributed by atoms with van der Waals surface area (Å²) in [5.74, 6) is 4.70. The Balaban J connectivity index is 0.000000126. The van der Waals surface area contributed by atoms with Crippen LogP contribution in [0.4, 0.5) is 59.2 Å². The molecular formula is C109H109Cl6F3N18O14. The number of carbonyl (C=O) groups is 4. The quantitative estimate of drug-likeness (QED) is 0.0178. The number of anilines is 8. The zero-order chi connectivity index (χ0) is 105. The Morgan fingerprint density at radius 1 is 0.420 bits per heavy atom. The number of likely N-dealkylation sites (tertiary alicyclic amines) is 1. The lowest BCUT2D eigenvalue weighted by Crippen LogP contribution is -2.61. The van der Waals surface area contributed by atoms with Crippen LogP contribution in [0.1, 0.15) is 110 Å². The topological polar surface area (TPSA) is 345 Å². The van der Waals surface area contributed by atoms with Crippen molar-refractivity contribution in [2.24, 2.45) is 11.8 Å². The van der Waals surface area contributed by atoms with Gasteiger partial charge in [-0.25, -0.2) is 53.0 Å². The van der Waals surface area contributed by atoms with Crippen LogP contribution in [0.25, 0.3) is 54.6 Å². The molecule has 8 bridgehead atoms. The molecule has 9 aliphatic heterocycles. The number of ether oxygens (including phenoxy) is 9. The van der Waals surface area contributed by atoms with Crippen LogP contribution in [0.3, 0.4) is 0 Å². The fourth-order valence-electron chi connectivity index (χ4n) is 21.8. The second kappa shape index (κ2) is 46.9. The van der Waals surface area contributed by atoms with Crippen LogP contribution in [0, 0.1) is 29.3 Å². The standard InChI is InChI=1S/C30H32Cl2FN5O3.C27H27Cl2FN4O4.C26H25Cl2FN4O3.C26H25N5O4/c1-2-26(39)38-15-18-12-19(16-38)29(18)41-25-13-20-23(14-24(25)40-11-10-37-8-4-3-5-9-37)34-17-35-30(20)36-22-7-6-21(31)27(32)28(22)33;1-3-24(35)34-15-4-5-16(34)11-17(10-15)38-23-12-18-21(13-22(23)37-9-8-36-2)31-14-32-27(18)33-20-7-6-19(28)25(29)26(20)30;1-3-23(34)33-14-5-6-15(33)10-16(9-14)36-22-11-17-20(12-21(22)35-4-2)30-13-31-26(17)32-19-8-7-18(27)24(28)25(19)29;1-3-25(32)31-17-5-6-18(31)10-19(9-17)34-24-11-20-21(12-23(24)33-2)27-14-28-26(20)30-16-4-7-22-15(8-16)13-29-35-22/h2,6-7,13-14,17-19,29H,1,3-5,8-12,15-16H2,(H,34,35,36);3,6-7,12-17H,1,4-5,8-11H2,2H3,(H,31,32,33);3,7-8,11-16H,1,4-6,9-10H2,2H3,(H,30,31,32);3-4,7-8,11-14,17-19H,1,5-6,9-10H2,2H3,(H,27,28,30). The number of halogens is 9. The minimum absolute atomic E-state index is 0.00949. The number of carbonyl (C=O) groups excluding carboxylic acids is 4. The molecular weight excluding hydrogens is 2060 g/mol. The molecule has 8 aromatic carbocycles. The fraction of sp³-hybridized carbons (Fsp3) is 0.367. The maximum absolute atomic E-state index is 14.9. The largest absolute Gasteiger partial charge is 0.493 e. The van der Waals surface area contributed by atoms with Crippen molar-refractivity contribution < 1.29 is 79.5 Å². The van der Waals surface area contributed by atoms with E-state index in [0.717, 1.165) is 118 Å². The Bertz CT molecular complexity index is 7260. The van der Waals surface area contributed by atoms with Crippen molar-refractivity contribution >= 4 is 194 Å². The molecule has 32 nitrogen and oxygen atoms in total. The smallest absolute Gasteiger partial charge is 0.246 e. The van der Waals surface area contributed by atoms with Gasteiger partial charge in [0.25, 0.3) is 0 Å². The molecule has 8 atom stereocenters. The number of fused-ring (bicyclic) bond motifs is 13. The number of benzene rings is 8. The Hall–Kier alpha value is -13.5. The van der Waals surface area contributed by atoms with Gasteiger partial charge in [0.05, 0.1) is 95.8 Å². The molecule has 9 saturated heterocycles. The number of nitrogens with one attached hydrogen (secondary N) is 4. The van der Waals surface area contributed by atoms with Crippen molar-refractivity contribution in [3.63, 3.8) is 0 Å². The van der Waals surface area contributed by atoms with Crippen molar-refractivity contribution in [3.05, 3.63) is 233 Å². The number of rotatable bonds is 31. The highest BCUT2D eigenvalue weighted by Gasteiger charge is 2.51. The van der Waals surface area contributed by atoms with Crippen LogP contribution in [0.5, 0.6) is 46.0 Å². The SMILES string of the molecule is C=CC(=O)N1C2CCC1CC(Oc1cc3c(Nc4ccc(Cl)c(Cl)c4F)ncnc3cc1OCC)C2.C=CC(=O)N1C2CCC1CC(Oc1cc3c(Nc4ccc(Cl)c(Cl)c4F)ncnc3cc1OCCOC)C2.C=CC(=O)N1C2CCC1CC(Oc1cc3c(Nc4ccc5oncc5c4)ncnc3cc1OC)C2.C=CC(=O)N1CC2CC(C1)C2Oc1cc2c(Nc3ccc(Cl)c(Cl)c3F)ncnc2cc1OCCN1CCCCC1.